The Bertz CT molecular complexity index is 390. The molecule has 0 saturated heterocycles. The number of benzene rings is 1. The van der Waals surface area contributed by atoms with Crippen LogP contribution in [0, 0.1) is 11.3 Å². The van der Waals surface area contributed by atoms with Gasteiger partial charge in [0, 0.05) is 4.47 Å². The number of hydrogen-bond donors (Lipinski definition) is 1. The van der Waals surface area contributed by atoms with E-state index in [1.54, 1.807) is 0 Å². The molecule has 1 nitrogen and oxygen atoms in total. The van der Waals surface area contributed by atoms with Crippen molar-refractivity contribution in [3.8, 4) is 0 Å². The third kappa shape index (κ3) is 3.36. The number of rotatable bonds is 4. The maximum atomic E-state index is 6.13. The monoisotopic (exact) mass is 309 g/mol. The highest BCUT2D eigenvalue weighted by Gasteiger charge is 2.34. The predicted molar refractivity (Wildman–Crippen MR) is 81.6 cm³/mol. The van der Waals surface area contributed by atoms with Gasteiger partial charge in [-0.1, -0.05) is 54.2 Å². The second-order valence-electron chi connectivity index (χ2n) is 5.88. The van der Waals surface area contributed by atoms with Crippen LogP contribution in [-0.2, 0) is 6.42 Å². The Morgan fingerprint density at radius 1 is 1.44 bits per heavy atom. The van der Waals surface area contributed by atoms with Crippen LogP contribution in [0.2, 0.25) is 0 Å². The Kier molecular flexibility index (Phi) is 4.85. The van der Waals surface area contributed by atoms with E-state index < -0.39 is 0 Å². The van der Waals surface area contributed by atoms with Gasteiger partial charge in [0.05, 0.1) is 0 Å². The highest BCUT2D eigenvalue weighted by atomic mass is 79.9. The summed E-state index contributed by atoms with van der Waals surface area (Å²) in [6.07, 6.45) is 7.80. The molecule has 2 heteroatoms. The van der Waals surface area contributed by atoms with Crippen molar-refractivity contribution in [1.29, 1.82) is 0 Å². The van der Waals surface area contributed by atoms with Crippen LogP contribution in [-0.4, -0.2) is 6.54 Å². The van der Waals surface area contributed by atoms with Crippen molar-refractivity contribution in [3.05, 3.63) is 34.3 Å². The first kappa shape index (κ1) is 14.1. The Hall–Kier alpha value is -0.340. The SMILES string of the molecule is CCC1CCCC(CN)(Cc2cccc(Br)c2)C1. The van der Waals surface area contributed by atoms with E-state index in [2.05, 4.69) is 47.1 Å². The molecule has 1 fully saturated rings. The van der Waals surface area contributed by atoms with Gasteiger partial charge < -0.3 is 5.73 Å². The minimum Gasteiger partial charge on any atom is -0.330 e. The molecule has 1 aromatic carbocycles. The van der Waals surface area contributed by atoms with Crippen molar-refractivity contribution in [3.63, 3.8) is 0 Å². The summed E-state index contributed by atoms with van der Waals surface area (Å²) in [5.74, 6) is 0.884. The summed E-state index contributed by atoms with van der Waals surface area (Å²) >= 11 is 3.56. The van der Waals surface area contributed by atoms with E-state index in [-0.39, 0.29) is 0 Å². The molecule has 100 valence electrons. The van der Waals surface area contributed by atoms with Gasteiger partial charge in [-0.3, -0.25) is 0 Å². The van der Waals surface area contributed by atoms with E-state index in [4.69, 9.17) is 5.73 Å². The van der Waals surface area contributed by atoms with Crippen molar-refractivity contribution in [2.45, 2.75) is 45.4 Å². The number of halogens is 1. The zero-order chi connectivity index (χ0) is 13.0. The molecular formula is C16H24BrN. The van der Waals surface area contributed by atoms with Crippen molar-refractivity contribution in [1.82, 2.24) is 0 Å². The lowest BCUT2D eigenvalue weighted by molar-refractivity contribution is 0.142. The summed E-state index contributed by atoms with van der Waals surface area (Å²) in [4.78, 5) is 0. The first-order valence-electron chi connectivity index (χ1n) is 7.12. The van der Waals surface area contributed by atoms with E-state index in [0.717, 1.165) is 18.9 Å². The average molecular weight is 310 g/mol. The topological polar surface area (TPSA) is 26.0 Å². The summed E-state index contributed by atoms with van der Waals surface area (Å²) in [5.41, 5.74) is 7.90. The standard InChI is InChI=1S/C16H24BrN/c1-2-13-6-4-8-16(10-13,12-18)11-14-5-3-7-15(17)9-14/h3,5,7,9,13H,2,4,6,8,10-12,18H2,1H3. The molecule has 18 heavy (non-hydrogen) atoms. The molecule has 2 rings (SSSR count). The summed E-state index contributed by atoms with van der Waals surface area (Å²) in [7, 11) is 0. The maximum Gasteiger partial charge on any atom is 0.0177 e. The Labute approximate surface area is 119 Å². The largest absolute Gasteiger partial charge is 0.330 e. The summed E-state index contributed by atoms with van der Waals surface area (Å²) in [6.45, 7) is 3.15. The molecule has 0 radical (unpaired) electrons. The fraction of sp³-hybridized carbons (Fsp3) is 0.625. The van der Waals surface area contributed by atoms with Gasteiger partial charge in [-0.15, -0.1) is 0 Å². The molecular weight excluding hydrogens is 286 g/mol. The predicted octanol–water partition coefficient (Wildman–Crippen LogP) is 4.54. The zero-order valence-corrected chi connectivity index (χ0v) is 12.9. The summed E-state index contributed by atoms with van der Waals surface area (Å²) < 4.78 is 1.18. The van der Waals surface area contributed by atoms with Gasteiger partial charge in [0.2, 0.25) is 0 Å². The van der Waals surface area contributed by atoms with Gasteiger partial charge in [0.1, 0.15) is 0 Å². The van der Waals surface area contributed by atoms with Crippen LogP contribution < -0.4 is 5.73 Å². The minimum absolute atomic E-state index is 0.347. The second-order valence-corrected chi connectivity index (χ2v) is 6.80. The molecule has 0 aliphatic heterocycles. The highest BCUT2D eigenvalue weighted by molar-refractivity contribution is 9.10. The lowest BCUT2D eigenvalue weighted by Gasteiger charge is -2.40. The molecule has 0 amide bonds. The van der Waals surface area contributed by atoms with Crippen LogP contribution in [0.15, 0.2) is 28.7 Å². The van der Waals surface area contributed by atoms with Crippen molar-refractivity contribution >= 4 is 15.9 Å². The summed E-state index contributed by atoms with van der Waals surface area (Å²) in [5, 5.41) is 0. The van der Waals surface area contributed by atoms with Crippen molar-refractivity contribution < 1.29 is 0 Å². The van der Waals surface area contributed by atoms with Gasteiger partial charge in [-0.25, -0.2) is 0 Å². The van der Waals surface area contributed by atoms with Gasteiger partial charge >= 0.3 is 0 Å². The second kappa shape index (κ2) is 6.21. The van der Waals surface area contributed by atoms with E-state index >= 15 is 0 Å². The first-order chi connectivity index (χ1) is 8.67. The molecule has 0 bridgehead atoms. The van der Waals surface area contributed by atoms with E-state index in [0.29, 0.717) is 5.41 Å². The van der Waals surface area contributed by atoms with Crippen molar-refractivity contribution in [2.24, 2.45) is 17.1 Å². The average Bonchev–Trinajstić information content (AvgIpc) is 2.39. The molecule has 0 aromatic heterocycles. The third-order valence-electron chi connectivity index (χ3n) is 4.52. The molecule has 0 heterocycles. The maximum absolute atomic E-state index is 6.13. The van der Waals surface area contributed by atoms with Crippen LogP contribution in [0.4, 0.5) is 0 Å². The van der Waals surface area contributed by atoms with Crippen LogP contribution in [0.1, 0.15) is 44.6 Å². The highest BCUT2D eigenvalue weighted by Crippen LogP contribution is 2.42. The fourth-order valence-corrected chi connectivity index (χ4v) is 3.88. The van der Waals surface area contributed by atoms with E-state index in [9.17, 15) is 0 Å². The van der Waals surface area contributed by atoms with E-state index in [1.807, 2.05) is 0 Å². The van der Waals surface area contributed by atoms with Gasteiger partial charge in [-0.2, -0.15) is 0 Å². The van der Waals surface area contributed by atoms with Crippen LogP contribution in [0.3, 0.4) is 0 Å². The number of hydrogen-bond acceptors (Lipinski definition) is 1. The van der Waals surface area contributed by atoms with Gasteiger partial charge in [0.25, 0.3) is 0 Å². The number of nitrogens with two attached hydrogens (primary N) is 1. The van der Waals surface area contributed by atoms with E-state index in [1.165, 1.54) is 42.1 Å². The van der Waals surface area contributed by atoms with Gasteiger partial charge in [-0.05, 0) is 54.8 Å². The van der Waals surface area contributed by atoms with Crippen molar-refractivity contribution in [2.75, 3.05) is 6.54 Å². The van der Waals surface area contributed by atoms with Crippen LogP contribution >= 0.6 is 15.9 Å². The molecule has 1 saturated carbocycles. The molecule has 1 aliphatic rings. The minimum atomic E-state index is 0.347. The Balaban J connectivity index is 2.12. The molecule has 2 unspecified atom stereocenters. The molecule has 1 aromatic rings. The molecule has 1 aliphatic carbocycles. The normalized spacial score (nSPS) is 28.3. The lowest BCUT2D eigenvalue weighted by atomic mass is 9.66. The summed E-state index contributed by atoms with van der Waals surface area (Å²) in [6, 6.07) is 8.70. The fourth-order valence-electron chi connectivity index (χ4n) is 3.43. The quantitative estimate of drug-likeness (QED) is 0.868. The van der Waals surface area contributed by atoms with Crippen LogP contribution in [0.5, 0.6) is 0 Å². The first-order valence-corrected chi connectivity index (χ1v) is 7.91. The Morgan fingerprint density at radius 3 is 2.94 bits per heavy atom. The van der Waals surface area contributed by atoms with Gasteiger partial charge in [0.15, 0.2) is 0 Å². The molecule has 2 atom stereocenters. The zero-order valence-electron chi connectivity index (χ0n) is 11.3. The Morgan fingerprint density at radius 2 is 2.28 bits per heavy atom. The lowest BCUT2D eigenvalue weighted by Crippen LogP contribution is -2.37. The third-order valence-corrected chi connectivity index (χ3v) is 5.01. The smallest absolute Gasteiger partial charge is 0.0177 e. The molecule has 0 spiro atoms. The van der Waals surface area contributed by atoms with Crippen LogP contribution in [0.25, 0.3) is 0 Å². The molecule has 2 N–H and O–H groups in total.